The highest BCUT2D eigenvalue weighted by Gasteiger charge is 2.50. The van der Waals surface area contributed by atoms with E-state index in [0.717, 1.165) is 12.1 Å². The first kappa shape index (κ1) is 25.1. The number of fused-ring (bicyclic) bond motifs is 3. The Morgan fingerprint density at radius 2 is 1.97 bits per heavy atom. The summed E-state index contributed by atoms with van der Waals surface area (Å²) >= 11 is 0. The van der Waals surface area contributed by atoms with Gasteiger partial charge in [-0.25, -0.2) is 18.6 Å². The van der Waals surface area contributed by atoms with E-state index in [4.69, 9.17) is 11.2 Å². The molecule has 0 spiro atoms. The number of halogens is 2. The Bertz CT molecular complexity index is 1710. The van der Waals surface area contributed by atoms with Crippen LogP contribution in [-0.2, 0) is 4.74 Å². The van der Waals surface area contributed by atoms with E-state index in [0.29, 0.717) is 40.5 Å². The minimum absolute atomic E-state index is 0.0354. The number of amides is 1. The lowest BCUT2D eigenvalue weighted by Crippen LogP contribution is -2.63. The van der Waals surface area contributed by atoms with Crippen molar-refractivity contribution in [3.8, 4) is 23.6 Å². The van der Waals surface area contributed by atoms with Crippen LogP contribution < -0.4 is 4.90 Å². The van der Waals surface area contributed by atoms with Gasteiger partial charge in [0, 0.05) is 41.3 Å². The second kappa shape index (κ2) is 8.91. The van der Waals surface area contributed by atoms with Crippen molar-refractivity contribution in [2.45, 2.75) is 51.8 Å². The van der Waals surface area contributed by atoms with Crippen molar-refractivity contribution in [2.75, 3.05) is 18.0 Å². The van der Waals surface area contributed by atoms with Crippen LogP contribution in [0.25, 0.3) is 32.9 Å². The molecule has 2 atom stereocenters. The van der Waals surface area contributed by atoms with Gasteiger partial charge in [-0.2, -0.15) is 0 Å². The SMILES string of the molecule is C#Cc1c(F)ccc2cccc(-c3ncc4c(N5C[C@@H]6[C@H]5CCN6C(=O)OC(C)(C)C)cc(C)nc4c3F)c12. The molecule has 8 heteroatoms. The first-order valence-electron chi connectivity index (χ1n) is 13.0. The Kier molecular flexibility index (Phi) is 5.72. The maximum absolute atomic E-state index is 16.2. The summed E-state index contributed by atoms with van der Waals surface area (Å²) in [6.45, 7) is 8.61. The number of likely N-dealkylation sites (tertiary alicyclic amines) is 1. The van der Waals surface area contributed by atoms with Crippen molar-refractivity contribution >= 4 is 33.5 Å². The number of nitrogens with zero attached hydrogens (tertiary/aromatic N) is 4. The third-order valence-electron chi connectivity index (χ3n) is 7.53. The number of carbonyl (C=O) groups is 1. The van der Waals surface area contributed by atoms with Crippen LogP contribution in [0.3, 0.4) is 0 Å². The fourth-order valence-corrected chi connectivity index (χ4v) is 5.82. The average Bonchev–Trinajstić information content (AvgIpc) is 3.19. The molecule has 39 heavy (non-hydrogen) atoms. The van der Waals surface area contributed by atoms with E-state index in [-0.39, 0.29) is 35.0 Å². The third-order valence-corrected chi connectivity index (χ3v) is 7.53. The van der Waals surface area contributed by atoms with Crippen LogP contribution in [0.5, 0.6) is 0 Å². The van der Waals surface area contributed by atoms with Gasteiger partial charge in [-0.1, -0.05) is 30.2 Å². The minimum atomic E-state index is -0.587. The number of hydrogen-bond acceptors (Lipinski definition) is 5. The largest absolute Gasteiger partial charge is 0.444 e. The molecule has 4 aromatic rings. The van der Waals surface area contributed by atoms with E-state index in [9.17, 15) is 9.18 Å². The van der Waals surface area contributed by atoms with Crippen LogP contribution in [-0.4, -0.2) is 51.7 Å². The second-order valence-electron chi connectivity index (χ2n) is 11.2. The van der Waals surface area contributed by atoms with Gasteiger partial charge in [-0.05, 0) is 51.6 Å². The first-order valence-corrected chi connectivity index (χ1v) is 13.0. The molecule has 0 unspecified atom stereocenters. The third kappa shape index (κ3) is 4.04. The summed E-state index contributed by atoms with van der Waals surface area (Å²) in [6.07, 6.45) is 7.74. The highest BCUT2D eigenvalue weighted by molar-refractivity contribution is 6.02. The van der Waals surface area contributed by atoms with Gasteiger partial charge in [0.25, 0.3) is 0 Å². The molecule has 6 rings (SSSR count). The predicted octanol–water partition coefficient (Wildman–Crippen LogP) is 6.22. The molecule has 1 amide bonds. The van der Waals surface area contributed by atoms with Crippen LogP contribution in [0, 0.1) is 30.9 Å². The molecule has 2 aliphatic heterocycles. The zero-order chi connectivity index (χ0) is 27.6. The van der Waals surface area contributed by atoms with E-state index in [1.54, 1.807) is 35.4 Å². The van der Waals surface area contributed by atoms with E-state index in [1.165, 1.54) is 6.07 Å². The topological polar surface area (TPSA) is 58.6 Å². The van der Waals surface area contributed by atoms with Gasteiger partial charge >= 0.3 is 6.09 Å². The van der Waals surface area contributed by atoms with Gasteiger partial charge in [0.05, 0.1) is 23.3 Å². The molecule has 0 aliphatic carbocycles. The molecule has 2 fully saturated rings. The van der Waals surface area contributed by atoms with Crippen molar-refractivity contribution in [3.63, 3.8) is 0 Å². The number of terminal acetylenes is 1. The van der Waals surface area contributed by atoms with E-state index >= 15 is 4.39 Å². The summed E-state index contributed by atoms with van der Waals surface area (Å²) in [5.41, 5.74) is 1.67. The number of hydrogen-bond donors (Lipinski definition) is 0. The fraction of sp³-hybridized carbons (Fsp3) is 0.323. The molecule has 0 saturated carbocycles. The molecule has 2 aliphatic rings. The summed E-state index contributed by atoms with van der Waals surface area (Å²) in [6, 6.07) is 10.3. The zero-order valence-electron chi connectivity index (χ0n) is 22.3. The highest BCUT2D eigenvalue weighted by atomic mass is 19.1. The zero-order valence-corrected chi connectivity index (χ0v) is 22.3. The lowest BCUT2D eigenvalue weighted by molar-refractivity contribution is 0.0194. The first-order chi connectivity index (χ1) is 18.6. The summed E-state index contributed by atoms with van der Waals surface area (Å²) in [7, 11) is 0. The molecule has 2 aromatic carbocycles. The molecule has 198 valence electrons. The standard InChI is InChI=1S/C31H28F2N4O2/c1-6-19-22(32)11-10-18-8-7-9-20(26(18)19)28-27(33)29-21(15-34-28)24(14-17(2)35-29)37-16-25-23(37)12-13-36(25)30(38)39-31(3,4)5/h1,7-11,14-15,23,25H,12-13,16H2,2-5H3/t23-,25-/m1/s1. The van der Waals surface area contributed by atoms with Crippen LogP contribution in [0.4, 0.5) is 19.3 Å². The maximum Gasteiger partial charge on any atom is 0.410 e. The van der Waals surface area contributed by atoms with Crippen LogP contribution in [0.1, 0.15) is 38.4 Å². The lowest BCUT2D eigenvalue weighted by atomic mass is 9.94. The Morgan fingerprint density at radius 1 is 1.18 bits per heavy atom. The smallest absolute Gasteiger partial charge is 0.410 e. The van der Waals surface area contributed by atoms with Crippen LogP contribution in [0.15, 0.2) is 42.6 Å². The number of carbonyl (C=O) groups excluding carboxylic acids is 1. The Hall–Kier alpha value is -4.25. The number of aromatic nitrogens is 2. The summed E-state index contributed by atoms with van der Waals surface area (Å²) in [4.78, 5) is 25.7. The number of aryl methyl sites for hydroxylation is 1. The molecule has 4 heterocycles. The van der Waals surface area contributed by atoms with Gasteiger partial charge in [-0.15, -0.1) is 6.42 Å². The Morgan fingerprint density at radius 3 is 2.72 bits per heavy atom. The molecule has 6 nitrogen and oxygen atoms in total. The molecule has 2 saturated heterocycles. The van der Waals surface area contributed by atoms with Crippen LogP contribution in [0.2, 0.25) is 0 Å². The lowest BCUT2D eigenvalue weighted by Gasteiger charge is -2.48. The Labute approximate surface area is 225 Å². The number of rotatable bonds is 2. The average molecular weight is 527 g/mol. The van der Waals surface area contributed by atoms with Crippen molar-refractivity contribution < 1.29 is 18.3 Å². The second-order valence-corrected chi connectivity index (χ2v) is 11.2. The predicted molar refractivity (Wildman–Crippen MR) is 148 cm³/mol. The number of benzene rings is 2. The Balaban J connectivity index is 1.40. The minimum Gasteiger partial charge on any atom is -0.444 e. The van der Waals surface area contributed by atoms with Gasteiger partial charge in [-0.3, -0.25) is 4.98 Å². The molecular weight excluding hydrogens is 498 g/mol. The van der Waals surface area contributed by atoms with Gasteiger partial charge in [0.2, 0.25) is 0 Å². The number of pyridine rings is 2. The van der Waals surface area contributed by atoms with E-state index in [2.05, 4.69) is 20.8 Å². The molecule has 0 radical (unpaired) electrons. The summed E-state index contributed by atoms with van der Waals surface area (Å²) in [5, 5.41) is 1.72. The normalized spacial score (nSPS) is 18.7. The molecule has 0 bridgehead atoms. The highest BCUT2D eigenvalue weighted by Crippen LogP contribution is 2.42. The summed E-state index contributed by atoms with van der Waals surface area (Å²) < 4.78 is 36.4. The number of ether oxygens (including phenoxy) is 1. The van der Waals surface area contributed by atoms with Crippen LogP contribution >= 0.6 is 0 Å². The van der Waals surface area contributed by atoms with E-state index < -0.39 is 17.2 Å². The van der Waals surface area contributed by atoms with Gasteiger partial charge < -0.3 is 14.5 Å². The number of anilines is 1. The monoisotopic (exact) mass is 526 g/mol. The van der Waals surface area contributed by atoms with Gasteiger partial charge in [0.15, 0.2) is 5.82 Å². The maximum atomic E-state index is 16.2. The van der Waals surface area contributed by atoms with Crippen molar-refractivity contribution in [1.82, 2.24) is 14.9 Å². The summed E-state index contributed by atoms with van der Waals surface area (Å²) in [5.74, 6) is 1.28. The van der Waals surface area contributed by atoms with Crippen molar-refractivity contribution in [2.24, 2.45) is 0 Å². The molecule has 2 aromatic heterocycles. The quantitative estimate of drug-likeness (QED) is 0.291. The van der Waals surface area contributed by atoms with Crippen molar-refractivity contribution in [3.05, 3.63) is 65.5 Å². The molecular formula is C31H28F2N4O2. The van der Waals surface area contributed by atoms with E-state index in [1.807, 2.05) is 33.8 Å². The molecule has 0 N–H and O–H groups in total. The van der Waals surface area contributed by atoms with Gasteiger partial charge in [0.1, 0.15) is 22.6 Å². The fourth-order valence-electron chi connectivity index (χ4n) is 5.82. The van der Waals surface area contributed by atoms with Crippen molar-refractivity contribution in [1.29, 1.82) is 0 Å².